The van der Waals surface area contributed by atoms with Crippen molar-refractivity contribution in [1.29, 1.82) is 0 Å². The number of benzene rings is 6. The van der Waals surface area contributed by atoms with E-state index < -0.39 is 0 Å². The second kappa shape index (κ2) is 9.93. The summed E-state index contributed by atoms with van der Waals surface area (Å²) < 4.78 is 6.68. The molecule has 4 heteroatoms. The Morgan fingerprint density at radius 2 is 0.872 bits per heavy atom. The van der Waals surface area contributed by atoms with E-state index in [0.717, 1.165) is 34.3 Å². The summed E-state index contributed by atoms with van der Waals surface area (Å²) in [5, 5.41) is 6.76. The topological polar surface area (TPSA) is 31.9 Å². The molecule has 0 aliphatic heterocycles. The van der Waals surface area contributed by atoms with E-state index in [4.69, 9.17) is 0 Å². The fourth-order valence-electron chi connectivity index (χ4n) is 8.00. The Kier molecular flexibility index (Phi) is 5.52. The van der Waals surface area contributed by atoms with Crippen molar-refractivity contribution < 1.29 is 0 Å². The van der Waals surface area contributed by atoms with Crippen molar-refractivity contribution in [3.63, 3.8) is 0 Å². The van der Waals surface area contributed by atoms with Crippen LogP contribution in [0.2, 0.25) is 0 Å². The van der Waals surface area contributed by atoms with Crippen LogP contribution in [0.3, 0.4) is 0 Å². The molecule has 1 unspecified atom stereocenters. The predicted molar refractivity (Wildman–Crippen MR) is 195 cm³/mol. The summed E-state index contributed by atoms with van der Waals surface area (Å²) in [6, 6.07) is 51.0. The van der Waals surface area contributed by atoms with Gasteiger partial charge in [0.1, 0.15) is 0 Å². The lowest BCUT2D eigenvalue weighted by Gasteiger charge is -2.26. The summed E-state index contributed by atoms with van der Waals surface area (Å²) in [6.07, 6.45) is 5.23. The molecule has 3 aromatic heterocycles. The molecule has 47 heavy (non-hydrogen) atoms. The number of pyridine rings is 1. The standard InChI is InChI=1S/C43H29N3O/c47-43-36-16-2-1-11-31(36)37-27-30(45-40-19-9-5-14-34(40)35-15-6-10-20-41(35)45)25-26-42(37)46(43)29-23-21-28(22-24-29)44-38-17-7-3-12-32(38)33-13-4-8-18-39(33)44/h1-26,30H,27H2. The molecule has 9 aromatic rings. The molecule has 0 N–H and O–H groups in total. The second-order valence-corrected chi connectivity index (χ2v) is 12.5. The highest BCUT2D eigenvalue weighted by molar-refractivity contribution is 6.09. The van der Waals surface area contributed by atoms with E-state index in [1.54, 1.807) is 0 Å². The molecule has 0 amide bonds. The zero-order valence-electron chi connectivity index (χ0n) is 25.5. The Morgan fingerprint density at radius 1 is 0.447 bits per heavy atom. The first-order valence-corrected chi connectivity index (χ1v) is 16.2. The van der Waals surface area contributed by atoms with Crippen LogP contribution in [0.15, 0.2) is 156 Å². The number of hydrogen-bond donors (Lipinski definition) is 0. The van der Waals surface area contributed by atoms with E-state index in [1.807, 2.05) is 22.8 Å². The normalized spacial score (nSPS) is 14.5. The molecule has 10 rings (SSSR count). The smallest absolute Gasteiger partial charge is 0.263 e. The fourth-order valence-corrected chi connectivity index (χ4v) is 8.00. The molecule has 0 fully saturated rings. The van der Waals surface area contributed by atoms with Crippen LogP contribution < -0.4 is 5.56 Å². The van der Waals surface area contributed by atoms with Gasteiger partial charge in [-0.3, -0.25) is 9.36 Å². The molecule has 1 aliphatic carbocycles. The zero-order chi connectivity index (χ0) is 31.1. The van der Waals surface area contributed by atoms with Crippen LogP contribution in [0.1, 0.15) is 17.3 Å². The minimum Gasteiger partial charge on any atom is -0.333 e. The van der Waals surface area contributed by atoms with Gasteiger partial charge in [-0.05, 0) is 78.0 Å². The quantitative estimate of drug-likeness (QED) is 0.198. The predicted octanol–water partition coefficient (Wildman–Crippen LogP) is 10.0. The number of hydrogen-bond acceptors (Lipinski definition) is 1. The number of allylic oxidation sites excluding steroid dienone is 1. The fraction of sp³-hybridized carbons (Fsp3) is 0.0465. The second-order valence-electron chi connectivity index (χ2n) is 12.5. The van der Waals surface area contributed by atoms with E-state index in [2.05, 4.69) is 149 Å². The molecule has 6 aromatic carbocycles. The Morgan fingerprint density at radius 3 is 1.43 bits per heavy atom. The first-order valence-electron chi connectivity index (χ1n) is 16.2. The molecule has 1 aliphatic rings. The molecule has 3 heterocycles. The average Bonchev–Trinajstić information content (AvgIpc) is 3.65. The summed E-state index contributed by atoms with van der Waals surface area (Å²) >= 11 is 0. The van der Waals surface area contributed by atoms with Crippen molar-refractivity contribution in [2.75, 3.05) is 0 Å². The van der Waals surface area contributed by atoms with Crippen molar-refractivity contribution in [1.82, 2.24) is 13.7 Å². The maximum absolute atomic E-state index is 14.2. The molecule has 4 nitrogen and oxygen atoms in total. The minimum atomic E-state index is 0.00364. The van der Waals surface area contributed by atoms with Gasteiger partial charge in [-0.2, -0.15) is 0 Å². The third-order valence-electron chi connectivity index (χ3n) is 10.0. The van der Waals surface area contributed by atoms with Gasteiger partial charge in [-0.1, -0.05) is 97.1 Å². The SMILES string of the molecule is O=c1c2ccccc2c2c(n1-c1ccc(-n3c4ccccc4c4ccccc43)cc1)C=CC(n1c3ccccc3c3ccccc31)C2. The highest BCUT2D eigenvalue weighted by atomic mass is 16.1. The molecule has 0 saturated carbocycles. The van der Waals surface area contributed by atoms with Crippen molar-refractivity contribution in [3.05, 3.63) is 173 Å². The van der Waals surface area contributed by atoms with Crippen LogP contribution in [-0.4, -0.2) is 13.7 Å². The van der Waals surface area contributed by atoms with E-state index >= 15 is 0 Å². The van der Waals surface area contributed by atoms with Gasteiger partial charge in [-0.25, -0.2) is 0 Å². The molecule has 0 radical (unpaired) electrons. The lowest BCUT2D eigenvalue weighted by atomic mass is 9.92. The summed E-state index contributed by atoms with van der Waals surface area (Å²) in [4.78, 5) is 14.2. The van der Waals surface area contributed by atoms with E-state index in [-0.39, 0.29) is 11.6 Å². The van der Waals surface area contributed by atoms with Gasteiger partial charge >= 0.3 is 0 Å². The Labute approximate surface area is 270 Å². The number of fused-ring (bicyclic) bond motifs is 9. The van der Waals surface area contributed by atoms with Gasteiger partial charge in [0.2, 0.25) is 0 Å². The van der Waals surface area contributed by atoms with E-state index in [1.165, 1.54) is 49.2 Å². The van der Waals surface area contributed by atoms with E-state index in [0.29, 0.717) is 0 Å². The minimum absolute atomic E-state index is 0.00364. The number of nitrogens with zero attached hydrogens (tertiary/aromatic N) is 3. The molecule has 222 valence electrons. The summed E-state index contributed by atoms with van der Waals surface area (Å²) in [7, 11) is 0. The highest BCUT2D eigenvalue weighted by Gasteiger charge is 2.25. The number of rotatable bonds is 3. The van der Waals surface area contributed by atoms with E-state index in [9.17, 15) is 4.79 Å². The molecule has 0 bridgehead atoms. The third kappa shape index (κ3) is 3.73. The summed E-state index contributed by atoms with van der Waals surface area (Å²) in [5.41, 5.74) is 8.87. The summed E-state index contributed by atoms with van der Waals surface area (Å²) in [5.74, 6) is 0. The van der Waals surface area contributed by atoms with Gasteiger partial charge in [0, 0.05) is 49.3 Å². The molecule has 0 saturated heterocycles. The zero-order valence-corrected chi connectivity index (χ0v) is 25.5. The first-order chi connectivity index (χ1) is 23.3. The molecule has 0 spiro atoms. The maximum atomic E-state index is 14.2. The van der Waals surface area contributed by atoms with Crippen LogP contribution >= 0.6 is 0 Å². The molecule has 1 atom stereocenters. The van der Waals surface area contributed by atoms with Crippen LogP contribution in [0.5, 0.6) is 0 Å². The lowest BCUT2D eigenvalue weighted by Crippen LogP contribution is -2.25. The maximum Gasteiger partial charge on any atom is 0.263 e. The van der Waals surface area contributed by atoms with Gasteiger partial charge in [0.15, 0.2) is 0 Å². The van der Waals surface area contributed by atoms with Crippen molar-refractivity contribution in [2.24, 2.45) is 0 Å². The lowest BCUT2D eigenvalue weighted by molar-refractivity contribution is 0.633. The van der Waals surface area contributed by atoms with Gasteiger partial charge in [-0.15, -0.1) is 0 Å². The Balaban J connectivity index is 1.15. The van der Waals surface area contributed by atoms with Crippen LogP contribution in [0, 0.1) is 0 Å². The van der Waals surface area contributed by atoms with Crippen LogP contribution in [-0.2, 0) is 6.42 Å². The molecular weight excluding hydrogens is 574 g/mol. The van der Waals surface area contributed by atoms with Crippen molar-refractivity contribution in [2.45, 2.75) is 12.5 Å². The Hall–Kier alpha value is -6.13. The van der Waals surface area contributed by atoms with Crippen molar-refractivity contribution in [3.8, 4) is 11.4 Å². The molecular formula is C43H29N3O. The first kappa shape index (κ1) is 26.1. The van der Waals surface area contributed by atoms with Gasteiger partial charge < -0.3 is 9.13 Å². The van der Waals surface area contributed by atoms with Gasteiger partial charge in [0.05, 0.1) is 22.8 Å². The number of para-hydroxylation sites is 4. The average molecular weight is 604 g/mol. The van der Waals surface area contributed by atoms with Gasteiger partial charge in [0.25, 0.3) is 5.56 Å². The largest absolute Gasteiger partial charge is 0.333 e. The monoisotopic (exact) mass is 603 g/mol. The van der Waals surface area contributed by atoms with Crippen molar-refractivity contribution >= 4 is 60.5 Å². The Bertz CT molecular complexity index is 2690. The van der Waals surface area contributed by atoms with Crippen LogP contribution in [0.25, 0.3) is 71.8 Å². The van der Waals surface area contributed by atoms with Crippen LogP contribution in [0.4, 0.5) is 0 Å². The third-order valence-corrected chi connectivity index (χ3v) is 10.0. The highest BCUT2D eigenvalue weighted by Crippen LogP contribution is 2.38. The summed E-state index contributed by atoms with van der Waals surface area (Å²) in [6.45, 7) is 0. The number of aromatic nitrogens is 3.